The maximum absolute atomic E-state index is 12.7. The molecular formula is C23H27N5O2S. The van der Waals surface area contributed by atoms with Gasteiger partial charge in [0.25, 0.3) is 0 Å². The molecule has 0 bridgehead atoms. The molecule has 1 saturated heterocycles. The summed E-state index contributed by atoms with van der Waals surface area (Å²) in [7, 11) is 0. The Morgan fingerprint density at radius 2 is 1.77 bits per heavy atom. The number of carbonyl (C=O) groups is 1. The summed E-state index contributed by atoms with van der Waals surface area (Å²) in [5.41, 5.74) is 5.13. The van der Waals surface area contributed by atoms with Gasteiger partial charge in [0.1, 0.15) is 0 Å². The Hall–Kier alpha value is -2.84. The van der Waals surface area contributed by atoms with Crippen molar-refractivity contribution < 1.29 is 9.53 Å². The zero-order valence-corrected chi connectivity index (χ0v) is 18.9. The van der Waals surface area contributed by atoms with Crippen LogP contribution in [0.2, 0.25) is 0 Å². The molecule has 1 fully saturated rings. The molecule has 2 heterocycles. The zero-order valence-electron chi connectivity index (χ0n) is 18.1. The van der Waals surface area contributed by atoms with Crippen LogP contribution in [0.3, 0.4) is 0 Å². The highest BCUT2D eigenvalue weighted by atomic mass is 32.2. The minimum absolute atomic E-state index is 0.0610. The standard InChI is InChI=1S/C23H27N5O2S/c1-16-6-4-9-19(14-16)28-22(27-10-12-30-13-11-27)25-26-23(28)31-15-20(29)24-21-17(2)7-5-8-18(21)3/h4-9,14H,10-13,15H2,1-3H3,(H,24,29). The quantitative estimate of drug-likeness (QED) is 0.592. The van der Waals surface area contributed by atoms with Gasteiger partial charge in [0.15, 0.2) is 5.16 Å². The van der Waals surface area contributed by atoms with Gasteiger partial charge < -0.3 is 15.0 Å². The SMILES string of the molecule is Cc1cccc(-n2c(SCC(=O)Nc3c(C)cccc3C)nnc2N2CCOCC2)c1. The number of hydrogen-bond acceptors (Lipinski definition) is 6. The molecule has 0 radical (unpaired) electrons. The molecule has 162 valence electrons. The monoisotopic (exact) mass is 437 g/mol. The second-order valence-corrected chi connectivity index (χ2v) is 8.60. The fourth-order valence-corrected chi connectivity index (χ4v) is 4.38. The van der Waals surface area contributed by atoms with Gasteiger partial charge in [-0.3, -0.25) is 9.36 Å². The van der Waals surface area contributed by atoms with Crippen molar-refractivity contribution in [3.05, 3.63) is 59.2 Å². The molecule has 0 unspecified atom stereocenters. The van der Waals surface area contributed by atoms with Gasteiger partial charge in [-0.2, -0.15) is 0 Å². The van der Waals surface area contributed by atoms with E-state index in [1.165, 1.54) is 11.8 Å². The molecule has 4 rings (SSSR count). The van der Waals surface area contributed by atoms with Crippen molar-refractivity contribution in [1.82, 2.24) is 14.8 Å². The Morgan fingerprint density at radius 3 is 2.48 bits per heavy atom. The van der Waals surface area contributed by atoms with E-state index < -0.39 is 0 Å². The third-order valence-electron chi connectivity index (χ3n) is 5.25. The highest BCUT2D eigenvalue weighted by Crippen LogP contribution is 2.28. The number of nitrogens with one attached hydrogen (secondary N) is 1. The van der Waals surface area contributed by atoms with Crippen LogP contribution >= 0.6 is 11.8 Å². The maximum atomic E-state index is 12.7. The van der Waals surface area contributed by atoms with E-state index in [9.17, 15) is 4.79 Å². The zero-order chi connectivity index (χ0) is 21.8. The van der Waals surface area contributed by atoms with E-state index in [4.69, 9.17) is 4.74 Å². The molecule has 0 spiro atoms. The second kappa shape index (κ2) is 9.53. The number of morpholine rings is 1. The largest absolute Gasteiger partial charge is 0.378 e. The lowest BCUT2D eigenvalue weighted by atomic mass is 10.1. The Balaban J connectivity index is 1.56. The molecular weight excluding hydrogens is 410 g/mol. The Morgan fingerprint density at radius 1 is 1.06 bits per heavy atom. The van der Waals surface area contributed by atoms with Gasteiger partial charge in [0.2, 0.25) is 11.9 Å². The Bertz CT molecular complexity index is 1060. The van der Waals surface area contributed by atoms with Crippen LogP contribution in [0, 0.1) is 20.8 Å². The van der Waals surface area contributed by atoms with Crippen molar-refractivity contribution in [2.75, 3.05) is 42.3 Å². The molecule has 1 aliphatic heterocycles. The third kappa shape index (κ3) is 4.91. The fraction of sp³-hybridized carbons (Fsp3) is 0.348. The smallest absolute Gasteiger partial charge is 0.234 e. The number of thioether (sulfide) groups is 1. The fourth-order valence-electron chi connectivity index (χ4n) is 3.63. The normalized spacial score (nSPS) is 14.0. The number of benzene rings is 2. The molecule has 0 atom stereocenters. The average molecular weight is 438 g/mol. The van der Waals surface area contributed by atoms with Gasteiger partial charge >= 0.3 is 0 Å². The maximum Gasteiger partial charge on any atom is 0.234 e. The molecule has 2 aromatic carbocycles. The minimum atomic E-state index is -0.0610. The second-order valence-electron chi connectivity index (χ2n) is 7.66. The predicted octanol–water partition coefficient (Wildman–Crippen LogP) is 3.76. The number of aromatic nitrogens is 3. The van der Waals surface area contributed by atoms with Crippen molar-refractivity contribution in [2.24, 2.45) is 0 Å². The van der Waals surface area contributed by atoms with Crippen molar-refractivity contribution in [2.45, 2.75) is 25.9 Å². The van der Waals surface area contributed by atoms with Gasteiger partial charge in [-0.05, 0) is 49.6 Å². The summed E-state index contributed by atoms with van der Waals surface area (Å²) in [5, 5.41) is 12.6. The topological polar surface area (TPSA) is 72.3 Å². The predicted molar refractivity (Wildman–Crippen MR) is 124 cm³/mol. The van der Waals surface area contributed by atoms with Crippen molar-refractivity contribution in [1.29, 1.82) is 0 Å². The van der Waals surface area contributed by atoms with Gasteiger partial charge in [-0.1, -0.05) is 42.1 Å². The molecule has 0 saturated carbocycles. The van der Waals surface area contributed by atoms with Gasteiger partial charge in [-0.25, -0.2) is 0 Å². The number of rotatable bonds is 6. The van der Waals surface area contributed by atoms with Crippen LogP contribution in [-0.2, 0) is 9.53 Å². The summed E-state index contributed by atoms with van der Waals surface area (Å²) in [4.78, 5) is 14.9. The first-order chi connectivity index (χ1) is 15.0. The van der Waals surface area contributed by atoms with E-state index in [0.29, 0.717) is 18.4 Å². The third-order valence-corrected chi connectivity index (χ3v) is 6.18. The lowest BCUT2D eigenvalue weighted by molar-refractivity contribution is -0.113. The summed E-state index contributed by atoms with van der Waals surface area (Å²) < 4.78 is 7.53. The lowest BCUT2D eigenvalue weighted by Gasteiger charge is -2.28. The Labute approximate surface area is 186 Å². The average Bonchev–Trinajstić information content (AvgIpc) is 3.20. The van der Waals surface area contributed by atoms with E-state index in [2.05, 4.69) is 39.5 Å². The highest BCUT2D eigenvalue weighted by molar-refractivity contribution is 7.99. The number of aryl methyl sites for hydroxylation is 3. The van der Waals surface area contributed by atoms with E-state index in [-0.39, 0.29) is 11.7 Å². The lowest BCUT2D eigenvalue weighted by Crippen LogP contribution is -2.37. The van der Waals surface area contributed by atoms with Crippen LogP contribution < -0.4 is 10.2 Å². The first-order valence-corrected chi connectivity index (χ1v) is 11.4. The summed E-state index contributed by atoms with van der Waals surface area (Å²) in [6, 6.07) is 14.2. The van der Waals surface area contributed by atoms with Gasteiger partial charge in [0, 0.05) is 18.8 Å². The number of carbonyl (C=O) groups excluding carboxylic acids is 1. The number of ether oxygens (including phenoxy) is 1. The number of nitrogens with zero attached hydrogens (tertiary/aromatic N) is 4. The Kier molecular flexibility index (Phi) is 6.58. The van der Waals surface area contributed by atoms with Crippen LogP contribution in [0.25, 0.3) is 5.69 Å². The van der Waals surface area contributed by atoms with Crippen LogP contribution in [0.4, 0.5) is 11.6 Å². The molecule has 3 aromatic rings. The van der Waals surface area contributed by atoms with Crippen molar-refractivity contribution in [3.8, 4) is 5.69 Å². The van der Waals surface area contributed by atoms with Crippen molar-refractivity contribution >= 4 is 29.3 Å². The first-order valence-electron chi connectivity index (χ1n) is 10.4. The molecule has 1 aliphatic rings. The summed E-state index contributed by atoms with van der Waals surface area (Å²) in [6.07, 6.45) is 0. The van der Waals surface area contributed by atoms with E-state index in [1.807, 2.05) is 48.7 Å². The van der Waals surface area contributed by atoms with Gasteiger partial charge in [-0.15, -0.1) is 10.2 Å². The molecule has 7 nitrogen and oxygen atoms in total. The molecule has 1 N–H and O–H groups in total. The van der Waals surface area contributed by atoms with Crippen molar-refractivity contribution in [3.63, 3.8) is 0 Å². The summed E-state index contributed by atoms with van der Waals surface area (Å²) >= 11 is 1.39. The molecule has 1 aromatic heterocycles. The van der Waals surface area contributed by atoms with E-state index >= 15 is 0 Å². The number of anilines is 2. The van der Waals surface area contributed by atoms with Crippen LogP contribution in [0.1, 0.15) is 16.7 Å². The summed E-state index contributed by atoms with van der Waals surface area (Å²) in [5.74, 6) is 0.974. The molecule has 0 aliphatic carbocycles. The van der Waals surface area contributed by atoms with Gasteiger partial charge in [0.05, 0.1) is 24.7 Å². The molecule has 8 heteroatoms. The van der Waals surface area contributed by atoms with E-state index in [0.717, 1.165) is 47.1 Å². The van der Waals surface area contributed by atoms with Crippen LogP contribution in [0.15, 0.2) is 47.6 Å². The first kappa shape index (κ1) is 21.4. The van der Waals surface area contributed by atoms with Crippen LogP contribution in [-0.4, -0.2) is 52.7 Å². The minimum Gasteiger partial charge on any atom is -0.378 e. The molecule has 1 amide bonds. The number of hydrogen-bond donors (Lipinski definition) is 1. The van der Waals surface area contributed by atoms with Crippen LogP contribution in [0.5, 0.6) is 0 Å². The molecule has 31 heavy (non-hydrogen) atoms. The number of para-hydroxylation sites is 1. The number of amides is 1. The summed E-state index contributed by atoms with van der Waals surface area (Å²) in [6.45, 7) is 8.93. The highest BCUT2D eigenvalue weighted by Gasteiger charge is 2.22. The van der Waals surface area contributed by atoms with E-state index in [1.54, 1.807) is 0 Å².